The third kappa shape index (κ3) is 3.40. The van der Waals surface area contributed by atoms with Crippen LogP contribution in [0.5, 0.6) is 5.75 Å². The van der Waals surface area contributed by atoms with Crippen LogP contribution >= 0.6 is 0 Å². The fourth-order valence-electron chi connectivity index (χ4n) is 3.81. The van der Waals surface area contributed by atoms with E-state index >= 15 is 0 Å². The zero-order valence-corrected chi connectivity index (χ0v) is 16.7. The highest BCUT2D eigenvalue weighted by Gasteiger charge is 2.18. The molecule has 1 aromatic carbocycles. The molecule has 0 amide bonds. The number of aromatic amines is 1. The summed E-state index contributed by atoms with van der Waals surface area (Å²) in [4.78, 5) is 23.4. The molecule has 5 rings (SSSR count). The second-order valence-electron chi connectivity index (χ2n) is 7.42. The van der Waals surface area contributed by atoms with Crippen LogP contribution in [0.3, 0.4) is 0 Å². The number of nitrogens with one attached hydrogen (secondary N) is 1. The Morgan fingerprint density at radius 1 is 1.00 bits per heavy atom. The van der Waals surface area contributed by atoms with Gasteiger partial charge in [0.25, 0.3) is 0 Å². The van der Waals surface area contributed by atoms with E-state index in [1.54, 1.807) is 0 Å². The highest BCUT2D eigenvalue weighted by Crippen LogP contribution is 2.31. The van der Waals surface area contributed by atoms with E-state index in [-0.39, 0.29) is 0 Å². The summed E-state index contributed by atoms with van der Waals surface area (Å²) in [6.45, 7) is 8.00. The monoisotopic (exact) mass is 386 g/mol. The maximum Gasteiger partial charge on any atom is 0.177 e. The van der Waals surface area contributed by atoms with Crippen molar-refractivity contribution in [3.63, 3.8) is 0 Å². The zero-order valence-electron chi connectivity index (χ0n) is 16.7. The summed E-state index contributed by atoms with van der Waals surface area (Å²) in [5, 5.41) is 0. The molecule has 0 fully saturated rings. The number of pyridine rings is 1. The summed E-state index contributed by atoms with van der Waals surface area (Å²) < 4.78 is 6.01. The van der Waals surface area contributed by atoms with Crippen LogP contribution in [0.25, 0.3) is 22.3 Å². The van der Waals surface area contributed by atoms with Gasteiger partial charge in [0.15, 0.2) is 5.65 Å². The Balaban J connectivity index is 1.51. The molecule has 0 aliphatic carbocycles. The number of hydrogen-bond donors (Lipinski definition) is 1. The zero-order chi connectivity index (χ0) is 20.0. The molecule has 0 atom stereocenters. The molecule has 0 unspecified atom stereocenters. The standard InChI is InChI=1S/C22H22N6O/c1-13-8-21(26-14(2)24-13)28-6-7-29-20-5-4-16(9-18(20)12-28)17-10-19-22(23-11-17)27-15(3)25-19/h4-5,8-11H,6-7,12H2,1-3H3,(H,23,25,27). The molecule has 0 saturated carbocycles. The number of hydrogen-bond acceptors (Lipinski definition) is 6. The highest BCUT2D eigenvalue weighted by atomic mass is 16.5. The van der Waals surface area contributed by atoms with Gasteiger partial charge in [0.1, 0.15) is 29.8 Å². The fourth-order valence-corrected chi connectivity index (χ4v) is 3.81. The molecular formula is C22H22N6O. The first-order valence-corrected chi connectivity index (χ1v) is 9.71. The van der Waals surface area contributed by atoms with E-state index < -0.39 is 0 Å². The molecule has 7 nitrogen and oxygen atoms in total. The number of benzene rings is 1. The average molecular weight is 386 g/mol. The predicted molar refractivity (Wildman–Crippen MR) is 112 cm³/mol. The van der Waals surface area contributed by atoms with Gasteiger partial charge in [-0.1, -0.05) is 6.07 Å². The Bertz CT molecular complexity index is 1200. The van der Waals surface area contributed by atoms with Crippen molar-refractivity contribution in [3.8, 4) is 16.9 Å². The van der Waals surface area contributed by atoms with E-state index in [9.17, 15) is 0 Å². The summed E-state index contributed by atoms with van der Waals surface area (Å²) in [6.07, 6.45) is 1.87. The number of anilines is 1. The first kappa shape index (κ1) is 17.6. The van der Waals surface area contributed by atoms with Crippen LogP contribution in [0.15, 0.2) is 36.5 Å². The van der Waals surface area contributed by atoms with Gasteiger partial charge in [0.2, 0.25) is 0 Å². The Labute approximate surface area is 168 Å². The van der Waals surface area contributed by atoms with Crippen LogP contribution in [0, 0.1) is 20.8 Å². The van der Waals surface area contributed by atoms with Crippen LogP contribution < -0.4 is 9.64 Å². The van der Waals surface area contributed by atoms with Gasteiger partial charge in [0, 0.05) is 35.6 Å². The molecule has 1 aliphatic heterocycles. The van der Waals surface area contributed by atoms with Crippen molar-refractivity contribution in [1.29, 1.82) is 0 Å². The van der Waals surface area contributed by atoms with E-state index in [0.717, 1.165) is 69.9 Å². The van der Waals surface area contributed by atoms with Crippen molar-refractivity contribution >= 4 is 17.0 Å². The summed E-state index contributed by atoms with van der Waals surface area (Å²) in [6, 6.07) is 10.4. The normalized spacial score (nSPS) is 13.8. The average Bonchev–Trinajstić information content (AvgIpc) is 2.92. The summed E-state index contributed by atoms with van der Waals surface area (Å²) in [5.41, 5.74) is 5.94. The van der Waals surface area contributed by atoms with Crippen LogP contribution in [-0.2, 0) is 6.54 Å². The molecule has 0 saturated heterocycles. The number of aryl methyl sites for hydroxylation is 3. The van der Waals surface area contributed by atoms with Gasteiger partial charge in [-0.2, -0.15) is 0 Å². The molecule has 0 bridgehead atoms. The molecule has 3 aromatic heterocycles. The van der Waals surface area contributed by atoms with Gasteiger partial charge in [-0.15, -0.1) is 0 Å². The van der Waals surface area contributed by atoms with Gasteiger partial charge in [-0.3, -0.25) is 0 Å². The first-order valence-electron chi connectivity index (χ1n) is 9.71. The van der Waals surface area contributed by atoms with Crippen molar-refractivity contribution in [2.24, 2.45) is 0 Å². The third-order valence-corrected chi connectivity index (χ3v) is 5.11. The molecule has 29 heavy (non-hydrogen) atoms. The Hall–Kier alpha value is -3.48. The molecule has 1 aliphatic rings. The molecule has 1 N–H and O–H groups in total. The topological polar surface area (TPSA) is 79.8 Å². The Morgan fingerprint density at radius 3 is 2.76 bits per heavy atom. The maximum atomic E-state index is 6.01. The van der Waals surface area contributed by atoms with Gasteiger partial charge in [0.05, 0.1) is 12.1 Å². The number of nitrogens with zero attached hydrogens (tertiary/aromatic N) is 5. The SMILES string of the molecule is Cc1cc(N2CCOc3ccc(-c4cnc5nc(C)[nH]c5c4)cc3C2)nc(C)n1. The molecule has 4 heterocycles. The lowest BCUT2D eigenvalue weighted by Crippen LogP contribution is -2.26. The highest BCUT2D eigenvalue weighted by molar-refractivity contribution is 5.78. The number of H-pyrrole nitrogens is 1. The molecule has 0 spiro atoms. The summed E-state index contributed by atoms with van der Waals surface area (Å²) in [5.74, 6) is 3.51. The molecular weight excluding hydrogens is 364 g/mol. The number of aromatic nitrogens is 5. The van der Waals surface area contributed by atoms with Gasteiger partial charge in [-0.05, 0) is 44.5 Å². The minimum Gasteiger partial charge on any atom is -0.491 e. The Morgan fingerprint density at radius 2 is 1.90 bits per heavy atom. The quantitative estimate of drug-likeness (QED) is 0.565. The smallest absolute Gasteiger partial charge is 0.177 e. The van der Waals surface area contributed by atoms with Crippen molar-refractivity contribution < 1.29 is 4.74 Å². The van der Waals surface area contributed by atoms with Crippen LogP contribution in [0.4, 0.5) is 5.82 Å². The third-order valence-electron chi connectivity index (χ3n) is 5.11. The second-order valence-corrected chi connectivity index (χ2v) is 7.42. The van der Waals surface area contributed by atoms with Crippen LogP contribution in [0.2, 0.25) is 0 Å². The van der Waals surface area contributed by atoms with E-state index in [4.69, 9.17) is 4.74 Å². The molecule has 0 radical (unpaired) electrons. The largest absolute Gasteiger partial charge is 0.491 e. The number of fused-ring (bicyclic) bond motifs is 2. The Kier molecular flexibility index (Phi) is 4.16. The molecule has 146 valence electrons. The maximum absolute atomic E-state index is 6.01. The molecule has 7 heteroatoms. The summed E-state index contributed by atoms with van der Waals surface area (Å²) in [7, 11) is 0. The second kappa shape index (κ2) is 6.84. The molecule has 4 aromatic rings. The van der Waals surface area contributed by atoms with Crippen LogP contribution in [0.1, 0.15) is 22.9 Å². The van der Waals surface area contributed by atoms with Crippen LogP contribution in [-0.4, -0.2) is 38.1 Å². The summed E-state index contributed by atoms with van der Waals surface area (Å²) >= 11 is 0. The van der Waals surface area contributed by atoms with Gasteiger partial charge < -0.3 is 14.6 Å². The van der Waals surface area contributed by atoms with Crippen molar-refractivity contribution in [2.45, 2.75) is 27.3 Å². The predicted octanol–water partition coefficient (Wildman–Crippen LogP) is 3.74. The van der Waals surface area contributed by atoms with E-state index in [1.165, 1.54) is 0 Å². The van der Waals surface area contributed by atoms with Crippen molar-refractivity contribution in [2.75, 3.05) is 18.1 Å². The minimum absolute atomic E-state index is 0.620. The van der Waals surface area contributed by atoms with Crippen molar-refractivity contribution in [3.05, 3.63) is 59.4 Å². The number of imidazole rings is 1. The number of rotatable bonds is 2. The number of ether oxygens (including phenoxy) is 1. The first-order chi connectivity index (χ1) is 14.0. The lowest BCUT2D eigenvalue weighted by molar-refractivity contribution is 0.331. The van der Waals surface area contributed by atoms with E-state index in [1.807, 2.05) is 39.1 Å². The van der Waals surface area contributed by atoms with E-state index in [2.05, 4.69) is 48.0 Å². The lowest BCUT2D eigenvalue weighted by atomic mass is 10.0. The van der Waals surface area contributed by atoms with Gasteiger partial charge >= 0.3 is 0 Å². The van der Waals surface area contributed by atoms with E-state index in [0.29, 0.717) is 6.61 Å². The fraction of sp³-hybridized carbons (Fsp3) is 0.273. The van der Waals surface area contributed by atoms with Crippen molar-refractivity contribution in [1.82, 2.24) is 24.9 Å². The lowest BCUT2D eigenvalue weighted by Gasteiger charge is -2.21. The van der Waals surface area contributed by atoms with Gasteiger partial charge in [-0.25, -0.2) is 19.9 Å². The minimum atomic E-state index is 0.620.